The van der Waals surface area contributed by atoms with Gasteiger partial charge < -0.3 is 5.32 Å². The molecule has 1 heterocycles. The van der Waals surface area contributed by atoms with E-state index in [1.54, 1.807) is 11.3 Å². The average molecular weight is 231 g/mol. The molecule has 1 aromatic carbocycles. The van der Waals surface area contributed by atoms with Crippen LogP contribution in [0.4, 0.5) is 0 Å². The largest absolute Gasteiger partial charge is 0.309 e. The van der Waals surface area contributed by atoms with Crippen LogP contribution in [-0.2, 0) is 0 Å². The molecule has 0 spiro atoms. The van der Waals surface area contributed by atoms with Gasteiger partial charge in [-0.1, -0.05) is 24.3 Å². The molecule has 1 nitrogen and oxygen atoms in total. The van der Waals surface area contributed by atoms with Crippen molar-refractivity contribution in [3.63, 3.8) is 0 Å². The van der Waals surface area contributed by atoms with Crippen LogP contribution in [0.5, 0.6) is 0 Å². The van der Waals surface area contributed by atoms with Gasteiger partial charge in [0.1, 0.15) is 0 Å². The molecule has 84 valence electrons. The summed E-state index contributed by atoms with van der Waals surface area (Å²) in [7, 11) is 2.02. The zero-order valence-corrected chi connectivity index (χ0v) is 10.8. The minimum atomic E-state index is 0.321. The molecule has 0 aliphatic rings. The first kappa shape index (κ1) is 11.4. The highest BCUT2D eigenvalue weighted by molar-refractivity contribution is 7.10. The first-order valence-corrected chi connectivity index (χ1v) is 6.38. The minimum absolute atomic E-state index is 0.321. The van der Waals surface area contributed by atoms with Crippen molar-refractivity contribution in [1.82, 2.24) is 5.32 Å². The van der Waals surface area contributed by atoms with E-state index in [1.807, 2.05) is 7.05 Å². The summed E-state index contributed by atoms with van der Waals surface area (Å²) in [6.45, 7) is 4.36. The summed E-state index contributed by atoms with van der Waals surface area (Å²) in [5.41, 5.74) is 4.12. The molecule has 1 N–H and O–H groups in total. The van der Waals surface area contributed by atoms with Gasteiger partial charge in [0, 0.05) is 4.88 Å². The van der Waals surface area contributed by atoms with Gasteiger partial charge in [0.05, 0.1) is 6.04 Å². The van der Waals surface area contributed by atoms with E-state index in [2.05, 4.69) is 54.9 Å². The molecule has 0 fully saturated rings. The normalized spacial score (nSPS) is 12.7. The number of hydrogen-bond acceptors (Lipinski definition) is 2. The van der Waals surface area contributed by atoms with Crippen LogP contribution < -0.4 is 5.32 Å². The maximum Gasteiger partial charge on any atom is 0.0673 e. The van der Waals surface area contributed by atoms with Gasteiger partial charge in [0.2, 0.25) is 0 Å². The summed E-state index contributed by atoms with van der Waals surface area (Å²) < 4.78 is 0. The summed E-state index contributed by atoms with van der Waals surface area (Å²) in [6.07, 6.45) is 0. The van der Waals surface area contributed by atoms with Crippen molar-refractivity contribution in [2.24, 2.45) is 0 Å². The lowest BCUT2D eigenvalue weighted by Crippen LogP contribution is -2.18. The molecule has 0 aliphatic heterocycles. The molecule has 0 saturated carbocycles. The predicted molar refractivity (Wildman–Crippen MR) is 71.1 cm³/mol. The molecular formula is C14H17NS. The van der Waals surface area contributed by atoms with Crippen LogP contribution in [0.15, 0.2) is 35.7 Å². The van der Waals surface area contributed by atoms with Gasteiger partial charge in [-0.15, -0.1) is 11.3 Å². The van der Waals surface area contributed by atoms with E-state index in [-0.39, 0.29) is 0 Å². The molecular weight excluding hydrogens is 214 g/mol. The molecule has 1 unspecified atom stereocenters. The Hall–Kier alpha value is -1.12. The van der Waals surface area contributed by atoms with Gasteiger partial charge in [-0.25, -0.2) is 0 Å². The van der Waals surface area contributed by atoms with Crippen LogP contribution in [0, 0.1) is 13.8 Å². The smallest absolute Gasteiger partial charge is 0.0673 e. The Morgan fingerprint density at radius 3 is 2.25 bits per heavy atom. The second kappa shape index (κ2) is 4.81. The van der Waals surface area contributed by atoms with E-state index >= 15 is 0 Å². The number of aryl methyl sites for hydroxylation is 2. The van der Waals surface area contributed by atoms with Crippen LogP contribution >= 0.6 is 11.3 Å². The van der Waals surface area contributed by atoms with Crippen LogP contribution in [0.3, 0.4) is 0 Å². The van der Waals surface area contributed by atoms with Crippen molar-refractivity contribution >= 4 is 11.3 Å². The maximum atomic E-state index is 3.41. The fourth-order valence-corrected chi connectivity index (χ4v) is 3.01. The number of thiophene rings is 1. The van der Waals surface area contributed by atoms with Gasteiger partial charge in [-0.2, -0.15) is 0 Å². The van der Waals surface area contributed by atoms with Crippen molar-refractivity contribution in [1.29, 1.82) is 0 Å². The van der Waals surface area contributed by atoms with Gasteiger partial charge >= 0.3 is 0 Å². The van der Waals surface area contributed by atoms with Crippen LogP contribution in [-0.4, -0.2) is 7.05 Å². The van der Waals surface area contributed by atoms with Crippen molar-refractivity contribution in [2.75, 3.05) is 7.05 Å². The summed E-state index contributed by atoms with van der Waals surface area (Å²) in [6, 6.07) is 11.1. The van der Waals surface area contributed by atoms with Crippen molar-refractivity contribution in [3.8, 4) is 0 Å². The number of rotatable bonds is 3. The molecule has 0 saturated heterocycles. The molecule has 0 radical (unpaired) electrons. The monoisotopic (exact) mass is 231 g/mol. The quantitative estimate of drug-likeness (QED) is 0.850. The third-order valence-corrected chi connectivity index (χ3v) is 3.88. The lowest BCUT2D eigenvalue weighted by molar-refractivity contribution is 0.695. The molecule has 0 aliphatic carbocycles. The summed E-state index contributed by atoms with van der Waals surface area (Å²) >= 11 is 1.81. The van der Waals surface area contributed by atoms with E-state index < -0.39 is 0 Å². The Morgan fingerprint density at radius 1 is 1.06 bits per heavy atom. The van der Waals surface area contributed by atoms with Gasteiger partial charge in [0.15, 0.2) is 0 Å². The number of hydrogen-bond donors (Lipinski definition) is 1. The van der Waals surface area contributed by atoms with Crippen LogP contribution in [0.2, 0.25) is 0 Å². The third kappa shape index (κ3) is 2.04. The minimum Gasteiger partial charge on any atom is -0.309 e. The van der Waals surface area contributed by atoms with E-state index in [0.717, 1.165) is 0 Å². The Kier molecular flexibility index (Phi) is 3.42. The molecule has 1 aromatic heterocycles. The second-order valence-corrected chi connectivity index (χ2v) is 5.02. The van der Waals surface area contributed by atoms with Crippen LogP contribution in [0.1, 0.15) is 27.6 Å². The molecule has 0 amide bonds. The van der Waals surface area contributed by atoms with E-state index in [0.29, 0.717) is 6.04 Å². The van der Waals surface area contributed by atoms with Gasteiger partial charge in [0.25, 0.3) is 0 Å². The Bertz CT molecular complexity index is 439. The maximum absolute atomic E-state index is 3.41. The van der Waals surface area contributed by atoms with E-state index in [1.165, 1.54) is 21.6 Å². The van der Waals surface area contributed by atoms with Crippen molar-refractivity contribution < 1.29 is 0 Å². The lowest BCUT2D eigenvalue weighted by atomic mass is 9.95. The predicted octanol–water partition coefficient (Wildman–Crippen LogP) is 3.67. The van der Waals surface area contributed by atoms with Crippen molar-refractivity contribution in [3.05, 3.63) is 57.3 Å². The molecule has 2 heteroatoms. The molecule has 16 heavy (non-hydrogen) atoms. The summed E-state index contributed by atoms with van der Waals surface area (Å²) in [5, 5.41) is 5.55. The zero-order valence-electron chi connectivity index (χ0n) is 9.95. The standard InChI is InChI=1S/C14H17NS/c1-10-6-4-7-11(2)13(10)14(15-3)12-8-5-9-16-12/h4-9,14-15H,1-3H3. The fourth-order valence-electron chi connectivity index (χ4n) is 2.17. The topological polar surface area (TPSA) is 12.0 Å². The third-order valence-electron chi connectivity index (χ3n) is 2.95. The van der Waals surface area contributed by atoms with Crippen LogP contribution in [0.25, 0.3) is 0 Å². The first-order chi connectivity index (χ1) is 7.74. The van der Waals surface area contributed by atoms with Gasteiger partial charge in [-0.05, 0) is 49.0 Å². The Balaban J connectivity index is 2.49. The average Bonchev–Trinajstić information content (AvgIpc) is 2.77. The van der Waals surface area contributed by atoms with Gasteiger partial charge in [-0.3, -0.25) is 0 Å². The molecule has 2 rings (SSSR count). The Labute approximate surface area is 101 Å². The van der Waals surface area contributed by atoms with E-state index in [9.17, 15) is 0 Å². The second-order valence-electron chi connectivity index (χ2n) is 4.04. The van der Waals surface area contributed by atoms with E-state index in [4.69, 9.17) is 0 Å². The molecule has 1 atom stereocenters. The summed E-state index contributed by atoms with van der Waals surface area (Å²) in [4.78, 5) is 1.37. The first-order valence-electron chi connectivity index (χ1n) is 5.51. The molecule has 0 bridgehead atoms. The SMILES string of the molecule is CNC(c1cccs1)c1c(C)cccc1C. The Morgan fingerprint density at radius 2 is 1.75 bits per heavy atom. The highest BCUT2D eigenvalue weighted by Crippen LogP contribution is 2.29. The highest BCUT2D eigenvalue weighted by Gasteiger charge is 2.16. The van der Waals surface area contributed by atoms with Crippen molar-refractivity contribution in [2.45, 2.75) is 19.9 Å². The molecule has 2 aromatic rings. The zero-order chi connectivity index (χ0) is 11.5. The highest BCUT2D eigenvalue weighted by atomic mass is 32.1. The number of nitrogens with one attached hydrogen (secondary N) is 1. The fraction of sp³-hybridized carbons (Fsp3) is 0.286. The summed E-state index contributed by atoms with van der Waals surface area (Å²) in [5.74, 6) is 0. The number of benzene rings is 1. The lowest BCUT2D eigenvalue weighted by Gasteiger charge is -2.20.